The number of hydrogen-bond donors (Lipinski definition) is 1. The molecule has 1 aliphatic heterocycles. The summed E-state index contributed by atoms with van der Waals surface area (Å²) in [6.07, 6.45) is 5.56. The fraction of sp³-hybridized carbons (Fsp3) is 1.00. The van der Waals surface area contributed by atoms with Gasteiger partial charge in [-0.05, 0) is 46.3 Å². The van der Waals surface area contributed by atoms with Crippen molar-refractivity contribution in [1.82, 2.24) is 10.2 Å². The van der Waals surface area contributed by atoms with E-state index in [0.29, 0.717) is 5.54 Å². The van der Waals surface area contributed by atoms with Crippen molar-refractivity contribution in [2.24, 2.45) is 0 Å². The Hall–Kier alpha value is -0.0800. The van der Waals surface area contributed by atoms with E-state index in [9.17, 15) is 0 Å². The van der Waals surface area contributed by atoms with E-state index in [-0.39, 0.29) is 0 Å². The molecule has 1 atom stereocenters. The zero-order chi connectivity index (χ0) is 7.90. The van der Waals surface area contributed by atoms with Crippen LogP contribution in [-0.2, 0) is 0 Å². The lowest BCUT2D eigenvalue weighted by Crippen LogP contribution is -2.46. The molecule has 0 unspecified atom stereocenters. The molecule has 0 radical (unpaired) electrons. The van der Waals surface area contributed by atoms with Gasteiger partial charge in [0.1, 0.15) is 0 Å². The number of likely N-dealkylation sites (N-methyl/N-ethyl adjacent to an activating group) is 1. The van der Waals surface area contributed by atoms with E-state index in [4.69, 9.17) is 0 Å². The largest absolute Gasteiger partial charge is 0.312 e. The Balaban J connectivity index is 2.01. The highest BCUT2D eigenvalue weighted by Crippen LogP contribution is 2.45. The molecule has 2 nitrogen and oxygen atoms in total. The van der Waals surface area contributed by atoms with Gasteiger partial charge in [0, 0.05) is 11.6 Å². The van der Waals surface area contributed by atoms with Crippen LogP contribution in [0.2, 0.25) is 0 Å². The SMILES string of the molecule is CN(C)C1([C@@H]2CCCN2)CC1. The Kier molecular flexibility index (Phi) is 1.69. The molecule has 1 aliphatic carbocycles. The van der Waals surface area contributed by atoms with E-state index in [1.165, 1.54) is 32.2 Å². The zero-order valence-corrected chi connectivity index (χ0v) is 7.56. The van der Waals surface area contributed by atoms with Crippen LogP contribution in [0.4, 0.5) is 0 Å². The van der Waals surface area contributed by atoms with Gasteiger partial charge in [-0.25, -0.2) is 0 Å². The topological polar surface area (TPSA) is 15.3 Å². The molecule has 2 heteroatoms. The minimum atomic E-state index is 0.552. The molecule has 1 heterocycles. The van der Waals surface area contributed by atoms with Crippen LogP contribution in [0.15, 0.2) is 0 Å². The van der Waals surface area contributed by atoms with Crippen molar-refractivity contribution in [2.75, 3.05) is 20.6 Å². The smallest absolute Gasteiger partial charge is 0.0357 e. The second-order valence-electron chi connectivity index (χ2n) is 4.15. The third kappa shape index (κ3) is 1.09. The molecular weight excluding hydrogens is 136 g/mol. The molecule has 1 saturated heterocycles. The van der Waals surface area contributed by atoms with E-state index in [0.717, 1.165) is 6.04 Å². The van der Waals surface area contributed by atoms with E-state index in [1.54, 1.807) is 0 Å². The number of nitrogens with one attached hydrogen (secondary N) is 1. The van der Waals surface area contributed by atoms with Crippen molar-refractivity contribution in [3.8, 4) is 0 Å². The first-order valence-corrected chi connectivity index (χ1v) is 4.66. The summed E-state index contributed by atoms with van der Waals surface area (Å²) in [5, 5.41) is 3.60. The summed E-state index contributed by atoms with van der Waals surface area (Å²) in [6.45, 7) is 1.24. The summed E-state index contributed by atoms with van der Waals surface area (Å²) in [6, 6.07) is 0.789. The normalized spacial score (nSPS) is 34.6. The van der Waals surface area contributed by atoms with Gasteiger partial charge in [-0.3, -0.25) is 0 Å². The van der Waals surface area contributed by atoms with Gasteiger partial charge in [-0.15, -0.1) is 0 Å². The zero-order valence-electron chi connectivity index (χ0n) is 7.56. The second-order valence-corrected chi connectivity index (χ2v) is 4.15. The van der Waals surface area contributed by atoms with Crippen molar-refractivity contribution in [1.29, 1.82) is 0 Å². The molecule has 2 fully saturated rings. The third-order valence-corrected chi connectivity index (χ3v) is 3.36. The molecule has 0 amide bonds. The average molecular weight is 154 g/mol. The maximum Gasteiger partial charge on any atom is 0.0357 e. The first kappa shape index (κ1) is 7.56. The molecule has 0 aromatic heterocycles. The van der Waals surface area contributed by atoms with Gasteiger partial charge in [0.05, 0.1) is 0 Å². The lowest BCUT2D eigenvalue weighted by molar-refractivity contribution is 0.217. The molecule has 0 spiro atoms. The van der Waals surface area contributed by atoms with Crippen LogP contribution in [0.1, 0.15) is 25.7 Å². The minimum absolute atomic E-state index is 0.552. The van der Waals surface area contributed by atoms with Crippen molar-refractivity contribution in [3.63, 3.8) is 0 Å². The molecule has 0 bridgehead atoms. The van der Waals surface area contributed by atoms with Gasteiger partial charge >= 0.3 is 0 Å². The van der Waals surface area contributed by atoms with Crippen LogP contribution in [0.5, 0.6) is 0 Å². The Morgan fingerprint density at radius 3 is 2.45 bits per heavy atom. The van der Waals surface area contributed by atoms with Crippen LogP contribution in [-0.4, -0.2) is 37.1 Å². The predicted molar refractivity (Wildman–Crippen MR) is 46.7 cm³/mol. The quantitative estimate of drug-likeness (QED) is 0.634. The average Bonchev–Trinajstić information content (AvgIpc) is 2.61. The molecule has 11 heavy (non-hydrogen) atoms. The minimum Gasteiger partial charge on any atom is -0.312 e. The van der Waals surface area contributed by atoms with Crippen LogP contribution >= 0.6 is 0 Å². The molecule has 64 valence electrons. The summed E-state index contributed by atoms with van der Waals surface area (Å²) in [7, 11) is 4.43. The first-order valence-electron chi connectivity index (χ1n) is 4.66. The number of hydrogen-bond acceptors (Lipinski definition) is 2. The molecule has 2 aliphatic rings. The van der Waals surface area contributed by atoms with Crippen LogP contribution in [0, 0.1) is 0 Å². The lowest BCUT2D eigenvalue weighted by Gasteiger charge is -2.29. The van der Waals surface area contributed by atoms with E-state index in [1.807, 2.05) is 0 Å². The van der Waals surface area contributed by atoms with E-state index >= 15 is 0 Å². The first-order chi connectivity index (χ1) is 5.26. The third-order valence-electron chi connectivity index (χ3n) is 3.36. The van der Waals surface area contributed by atoms with Gasteiger partial charge < -0.3 is 10.2 Å². The van der Waals surface area contributed by atoms with Crippen molar-refractivity contribution in [3.05, 3.63) is 0 Å². The summed E-state index contributed by atoms with van der Waals surface area (Å²) in [5.41, 5.74) is 0.552. The maximum atomic E-state index is 3.60. The summed E-state index contributed by atoms with van der Waals surface area (Å²) in [4.78, 5) is 2.41. The highest BCUT2D eigenvalue weighted by molar-refractivity contribution is 5.11. The van der Waals surface area contributed by atoms with Crippen LogP contribution < -0.4 is 5.32 Å². The molecule has 1 saturated carbocycles. The van der Waals surface area contributed by atoms with Gasteiger partial charge in [0.25, 0.3) is 0 Å². The monoisotopic (exact) mass is 154 g/mol. The summed E-state index contributed by atoms with van der Waals surface area (Å²) < 4.78 is 0. The van der Waals surface area contributed by atoms with Crippen LogP contribution in [0.3, 0.4) is 0 Å². The van der Waals surface area contributed by atoms with E-state index in [2.05, 4.69) is 24.3 Å². The van der Waals surface area contributed by atoms with Crippen molar-refractivity contribution in [2.45, 2.75) is 37.3 Å². The predicted octanol–water partition coefficient (Wildman–Crippen LogP) is 0.833. The fourth-order valence-electron chi connectivity index (χ4n) is 2.38. The fourth-order valence-corrected chi connectivity index (χ4v) is 2.38. The van der Waals surface area contributed by atoms with Gasteiger partial charge in [0.15, 0.2) is 0 Å². The van der Waals surface area contributed by atoms with Gasteiger partial charge in [0.2, 0.25) is 0 Å². The highest BCUT2D eigenvalue weighted by atomic mass is 15.2. The standard InChI is InChI=1S/C9H18N2/c1-11(2)9(5-6-9)8-4-3-7-10-8/h8,10H,3-7H2,1-2H3/t8-/m0/s1. The van der Waals surface area contributed by atoms with Gasteiger partial charge in [-0.2, -0.15) is 0 Å². The number of nitrogens with zero attached hydrogens (tertiary/aromatic N) is 1. The van der Waals surface area contributed by atoms with E-state index < -0.39 is 0 Å². The second kappa shape index (κ2) is 2.46. The van der Waals surface area contributed by atoms with Gasteiger partial charge in [-0.1, -0.05) is 0 Å². The highest BCUT2D eigenvalue weighted by Gasteiger charge is 2.51. The lowest BCUT2D eigenvalue weighted by atomic mass is 10.0. The van der Waals surface area contributed by atoms with Crippen molar-refractivity contribution < 1.29 is 0 Å². The summed E-state index contributed by atoms with van der Waals surface area (Å²) >= 11 is 0. The number of rotatable bonds is 2. The Morgan fingerprint density at radius 2 is 2.09 bits per heavy atom. The Labute approximate surface area is 69.0 Å². The Morgan fingerprint density at radius 1 is 1.36 bits per heavy atom. The molecule has 2 rings (SSSR count). The maximum absolute atomic E-state index is 3.60. The Bertz CT molecular complexity index is 144. The molecule has 0 aromatic rings. The molecular formula is C9H18N2. The molecule has 0 aromatic carbocycles. The van der Waals surface area contributed by atoms with Crippen molar-refractivity contribution >= 4 is 0 Å². The molecule has 1 N–H and O–H groups in total. The van der Waals surface area contributed by atoms with Crippen LogP contribution in [0.25, 0.3) is 0 Å². The summed E-state index contributed by atoms with van der Waals surface area (Å²) in [5.74, 6) is 0.